The number of methoxy groups -OCH3 is 2. The van der Waals surface area contributed by atoms with Gasteiger partial charge in [0.05, 0.1) is 25.8 Å². The zero-order valence-electron chi connectivity index (χ0n) is 12.3. The van der Waals surface area contributed by atoms with E-state index in [4.69, 9.17) is 9.47 Å². The summed E-state index contributed by atoms with van der Waals surface area (Å²) in [6.07, 6.45) is 1.16. The number of ether oxygens (including phenoxy) is 2. The third-order valence-corrected chi connectivity index (χ3v) is 3.59. The van der Waals surface area contributed by atoms with Gasteiger partial charge < -0.3 is 19.7 Å². The largest absolute Gasteiger partial charge is 0.495 e. The summed E-state index contributed by atoms with van der Waals surface area (Å²) in [5.41, 5.74) is 0.639. The minimum absolute atomic E-state index is 0.104. The van der Waals surface area contributed by atoms with Crippen molar-refractivity contribution < 1.29 is 19.1 Å². The van der Waals surface area contributed by atoms with E-state index in [9.17, 15) is 9.59 Å². The predicted octanol–water partition coefficient (Wildman–Crippen LogP) is 2.11. The number of rotatable bonds is 3. The molecule has 2 amide bonds. The van der Waals surface area contributed by atoms with Crippen molar-refractivity contribution in [3.05, 3.63) is 24.3 Å². The molecule has 1 saturated heterocycles. The molecule has 1 fully saturated rings. The van der Waals surface area contributed by atoms with Gasteiger partial charge in [-0.3, -0.25) is 4.79 Å². The van der Waals surface area contributed by atoms with Gasteiger partial charge in [0.1, 0.15) is 5.75 Å². The lowest BCUT2D eigenvalue weighted by atomic mass is 9.97. The van der Waals surface area contributed by atoms with Crippen LogP contribution in [0.25, 0.3) is 0 Å². The van der Waals surface area contributed by atoms with Crippen molar-refractivity contribution in [2.45, 2.75) is 12.8 Å². The monoisotopic (exact) mass is 292 g/mol. The zero-order chi connectivity index (χ0) is 15.2. The number of piperidine rings is 1. The van der Waals surface area contributed by atoms with Crippen LogP contribution >= 0.6 is 0 Å². The highest BCUT2D eigenvalue weighted by Gasteiger charge is 2.29. The number of carbonyl (C=O) groups excluding carboxylic acids is 2. The third kappa shape index (κ3) is 3.65. The molecule has 1 atom stereocenters. The normalized spacial score (nSPS) is 18.0. The number of nitrogens with zero attached hydrogens (tertiary/aromatic N) is 1. The molecule has 1 aliphatic heterocycles. The molecular weight excluding hydrogens is 272 g/mol. The SMILES string of the molecule is COC(=O)N1CCCC(C(=O)Nc2ccccc2OC)C1. The van der Waals surface area contributed by atoms with E-state index in [1.165, 1.54) is 7.11 Å². The summed E-state index contributed by atoms with van der Waals surface area (Å²) in [5.74, 6) is 0.280. The minimum atomic E-state index is -0.384. The maximum absolute atomic E-state index is 12.3. The van der Waals surface area contributed by atoms with Gasteiger partial charge >= 0.3 is 6.09 Å². The maximum atomic E-state index is 12.3. The van der Waals surface area contributed by atoms with Gasteiger partial charge in [-0.2, -0.15) is 0 Å². The summed E-state index contributed by atoms with van der Waals surface area (Å²) in [5, 5.41) is 2.87. The van der Waals surface area contributed by atoms with Crippen LogP contribution in [0.5, 0.6) is 5.75 Å². The first kappa shape index (κ1) is 15.2. The van der Waals surface area contributed by atoms with Crippen LogP contribution in [0.1, 0.15) is 12.8 Å². The number of hydrogen-bond acceptors (Lipinski definition) is 4. The Balaban J connectivity index is 2.01. The molecule has 1 aliphatic rings. The topological polar surface area (TPSA) is 67.9 Å². The molecule has 114 valence electrons. The second-order valence-electron chi connectivity index (χ2n) is 4.94. The van der Waals surface area contributed by atoms with Crippen LogP contribution in [-0.2, 0) is 9.53 Å². The van der Waals surface area contributed by atoms with Gasteiger partial charge in [-0.05, 0) is 25.0 Å². The Labute approximate surface area is 124 Å². The average Bonchev–Trinajstić information content (AvgIpc) is 2.54. The zero-order valence-corrected chi connectivity index (χ0v) is 12.3. The number of amides is 2. The molecule has 1 aromatic rings. The Bertz CT molecular complexity index is 518. The Morgan fingerprint density at radius 3 is 2.76 bits per heavy atom. The molecule has 0 spiro atoms. The van der Waals surface area contributed by atoms with Gasteiger partial charge in [0.15, 0.2) is 0 Å². The lowest BCUT2D eigenvalue weighted by Crippen LogP contribution is -2.43. The van der Waals surface area contributed by atoms with Crippen molar-refractivity contribution in [3.63, 3.8) is 0 Å². The standard InChI is InChI=1S/C15H20N2O4/c1-20-13-8-4-3-7-12(13)16-14(18)11-6-5-9-17(10-11)15(19)21-2/h3-4,7-8,11H,5-6,9-10H2,1-2H3,(H,16,18). The number of carbonyl (C=O) groups is 2. The number of hydrogen-bond donors (Lipinski definition) is 1. The molecular formula is C15H20N2O4. The van der Waals surface area contributed by atoms with Crippen molar-refractivity contribution in [2.75, 3.05) is 32.6 Å². The van der Waals surface area contributed by atoms with Crippen molar-refractivity contribution in [1.82, 2.24) is 4.90 Å². The molecule has 6 heteroatoms. The Kier molecular flexibility index (Phi) is 5.03. The van der Waals surface area contributed by atoms with Gasteiger partial charge in [0.25, 0.3) is 0 Å². The van der Waals surface area contributed by atoms with E-state index in [2.05, 4.69) is 5.32 Å². The van der Waals surface area contributed by atoms with Gasteiger partial charge in [0.2, 0.25) is 5.91 Å². The number of benzene rings is 1. The first-order chi connectivity index (χ1) is 10.2. The smallest absolute Gasteiger partial charge is 0.409 e. The summed E-state index contributed by atoms with van der Waals surface area (Å²) in [4.78, 5) is 25.5. The number of nitrogens with one attached hydrogen (secondary N) is 1. The highest BCUT2D eigenvalue weighted by Crippen LogP contribution is 2.25. The van der Waals surface area contributed by atoms with Crippen molar-refractivity contribution in [3.8, 4) is 5.75 Å². The van der Waals surface area contributed by atoms with Crippen LogP contribution < -0.4 is 10.1 Å². The molecule has 2 rings (SSSR count). The van der Waals surface area contributed by atoms with Crippen LogP contribution in [0.15, 0.2) is 24.3 Å². The predicted molar refractivity (Wildman–Crippen MR) is 78.3 cm³/mol. The van der Waals surface area contributed by atoms with Gasteiger partial charge in [-0.25, -0.2) is 4.79 Å². The quantitative estimate of drug-likeness (QED) is 0.926. The van der Waals surface area contributed by atoms with Crippen molar-refractivity contribution in [2.24, 2.45) is 5.92 Å². The van der Waals surface area contributed by atoms with Crippen molar-refractivity contribution in [1.29, 1.82) is 0 Å². The molecule has 0 saturated carbocycles. The number of likely N-dealkylation sites (tertiary alicyclic amines) is 1. The Hall–Kier alpha value is -2.24. The first-order valence-corrected chi connectivity index (χ1v) is 6.92. The van der Waals surface area contributed by atoms with E-state index in [-0.39, 0.29) is 17.9 Å². The highest BCUT2D eigenvalue weighted by molar-refractivity contribution is 5.94. The molecule has 0 aromatic heterocycles. The van der Waals surface area contributed by atoms with Crippen LogP contribution in [0, 0.1) is 5.92 Å². The highest BCUT2D eigenvalue weighted by atomic mass is 16.5. The number of anilines is 1. The minimum Gasteiger partial charge on any atom is -0.495 e. The Morgan fingerprint density at radius 2 is 2.05 bits per heavy atom. The molecule has 0 bridgehead atoms. The molecule has 1 heterocycles. The fourth-order valence-electron chi connectivity index (χ4n) is 2.47. The van der Waals surface area contributed by atoms with Crippen LogP contribution in [-0.4, -0.2) is 44.2 Å². The van der Waals surface area contributed by atoms with E-state index in [1.54, 1.807) is 24.1 Å². The Morgan fingerprint density at radius 1 is 1.29 bits per heavy atom. The fraction of sp³-hybridized carbons (Fsp3) is 0.467. The lowest BCUT2D eigenvalue weighted by Gasteiger charge is -2.30. The average molecular weight is 292 g/mol. The number of para-hydroxylation sites is 2. The van der Waals surface area contributed by atoms with Crippen LogP contribution in [0.3, 0.4) is 0 Å². The van der Waals surface area contributed by atoms with Crippen LogP contribution in [0.2, 0.25) is 0 Å². The van der Waals surface area contributed by atoms with E-state index in [0.717, 1.165) is 12.8 Å². The summed E-state index contributed by atoms with van der Waals surface area (Å²) in [6, 6.07) is 7.25. The van der Waals surface area contributed by atoms with Crippen molar-refractivity contribution >= 4 is 17.7 Å². The summed E-state index contributed by atoms with van der Waals surface area (Å²) < 4.78 is 9.92. The molecule has 1 aromatic carbocycles. The van der Waals surface area contributed by atoms with Gasteiger partial charge in [-0.1, -0.05) is 12.1 Å². The van der Waals surface area contributed by atoms with E-state index in [1.807, 2.05) is 12.1 Å². The van der Waals surface area contributed by atoms with E-state index in [0.29, 0.717) is 24.5 Å². The van der Waals surface area contributed by atoms with Crippen LogP contribution in [0.4, 0.5) is 10.5 Å². The summed E-state index contributed by atoms with van der Waals surface area (Å²) >= 11 is 0. The molecule has 0 aliphatic carbocycles. The third-order valence-electron chi connectivity index (χ3n) is 3.59. The van der Waals surface area contributed by atoms with E-state index >= 15 is 0 Å². The molecule has 21 heavy (non-hydrogen) atoms. The lowest BCUT2D eigenvalue weighted by molar-refractivity contribution is -0.121. The van der Waals surface area contributed by atoms with E-state index < -0.39 is 0 Å². The van der Waals surface area contributed by atoms with Gasteiger partial charge in [-0.15, -0.1) is 0 Å². The molecule has 0 radical (unpaired) electrons. The maximum Gasteiger partial charge on any atom is 0.409 e. The molecule has 6 nitrogen and oxygen atoms in total. The molecule has 1 unspecified atom stereocenters. The molecule has 1 N–H and O–H groups in total. The summed E-state index contributed by atoms with van der Waals surface area (Å²) in [7, 11) is 2.91. The fourth-order valence-corrected chi connectivity index (χ4v) is 2.47. The second-order valence-corrected chi connectivity index (χ2v) is 4.94. The second kappa shape index (κ2) is 6.97. The van der Waals surface area contributed by atoms with Gasteiger partial charge in [0, 0.05) is 13.1 Å². The summed E-state index contributed by atoms with van der Waals surface area (Å²) in [6.45, 7) is 1.01. The first-order valence-electron chi connectivity index (χ1n) is 6.92.